The van der Waals surface area contributed by atoms with Crippen LogP contribution in [-0.4, -0.2) is 62.2 Å². The van der Waals surface area contributed by atoms with E-state index in [2.05, 4.69) is 4.98 Å². The molecule has 2 aromatic carbocycles. The minimum absolute atomic E-state index is 0.00986. The Bertz CT molecular complexity index is 1610. The Kier molecular flexibility index (Phi) is 10.7. The third-order valence-corrected chi connectivity index (χ3v) is 13.6. The summed E-state index contributed by atoms with van der Waals surface area (Å²) < 4.78 is 25.5. The zero-order valence-corrected chi connectivity index (χ0v) is 29.4. The van der Waals surface area contributed by atoms with Gasteiger partial charge in [0.15, 0.2) is 23.0 Å². The second kappa shape index (κ2) is 15.3. The summed E-state index contributed by atoms with van der Waals surface area (Å²) in [5.41, 5.74) is 2.73. The number of phenols is 3. The van der Waals surface area contributed by atoms with Gasteiger partial charge in [0.2, 0.25) is 5.75 Å². The first-order chi connectivity index (χ1) is 23.8. The Labute approximate surface area is 295 Å². The smallest absolute Gasteiger partial charge is 0.302 e. The summed E-state index contributed by atoms with van der Waals surface area (Å²) in [5.74, 6) is 1.67. The van der Waals surface area contributed by atoms with E-state index in [9.17, 15) is 20.1 Å². The quantitative estimate of drug-likeness (QED) is 0.134. The third kappa shape index (κ3) is 8.05. The number of carbonyl (C=O) groups is 1. The van der Waals surface area contributed by atoms with Gasteiger partial charge >= 0.3 is 5.97 Å². The maximum absolute atomic E-state index is 12.4. The molecular weight excluding hydrogens is 663 g/mol. The summed E-state index contributed by atoms with van der Waals surface area (Å²) in [6, 6.07) is 12.8. The van der Waals surface area contributed by atoms with Gasteiger partial charge in [-0.1, -0.05) is 33.7 Å². The van der Waals surface area contributed by atoms with E-state index in [1.165, 1.54) is 19.4 Å². The lowest BCUT2D eigenvalue weighted by Gasteiger charge is -2.50. The van der Waals surface area contributed by atoms with Gasteiger partial charge in [-0.25, -0.2) is 0 Å². The molecule has 4 aliphatic rings. The van der Waals surface area contributed by atoms with Gasteiger partial charge in [-0.3, -0.25) is 9.78 Å². The maximum Gasteiger partial charge on any atom is 0.302 e. The molecule has 262 valence electrons. The zero-order chi connectivity index (χ0) is 33.9. The van der Waals surface area contributed by atoms with Gasteiger partial charge in [-0.15, -0.1) is 0 Å². The molecule has 9 nitrogen and oxygen atoms in total. The largest absolute Gasteiger partial charge is 0.504 e. The maximum atomic E-state index is 12.4. The molecular formula is C38H45NO8S2. The fraction of sp³-hybridized carbons (Fsp3) is 0.526. The van der Waals surface area contributed by atoms with Crippen LogP contribution in [0.2, 0.25) is 0 Å². The van der Waals surface area contributed by atoms with E-state index in [1.807, 2.05) is 45.9 Å². The summed E-state index contributed by atoms with van der Waals surface area (Å²) in [6.07, 6.45) is 10.4. The van der Waals surface area contributed by atoms with Gasteiger partial charge in [0.25, 0.3) is 0 Å². The van der Waals surface area contributed by atoms with E-state index < -0.39 is 6.10 Å². The highest BCUT2D eigenvalue weighted by molar-refractivity contribution is 8.76. The number of nitrogens with zero attached hydrogens (tertiary/aromatic N) is 1. The second-order valence-electron chi connectivity index (χ2n) is 13.9. The molecule has 2 aliphatic heterocycles. The van der Waals surface area contributed by atoms with Crippen molar-refractivity contribution in [3.63, 3.8) is 0 Å². The van der Waals surface area contributed by atoms with E-state index >= 15 is 0 Å². The minimum Gasteiger partial charge on any atom is -0.504 e. The Morgan fingerprint density at radius 2 is 1.92 bits per heavy atom. The number of carbonyl (C=O) groups excluding carboxylic acids is 1. The van der Waals surface area contributed by atoms with Crippen LogP contribution in [0.25, 0.3) is 0 Å². The molecule has 7 rings (SSSR count). The highest BCUT2D eigenvalue weighted by atomic mass is 33.1. The predicted molar refractivity (Wildman–Crippen MR) is 189 cm³/mol. The molecule has 0 unspecified atom stereocenters. The number of pyridine rings is 1. The van der Waals surface area contributed by atoms with Crippen molar-refractivity contribution in [1.82, 2.24) is 4.98 Å². The molecule has 2 saturated carbocycles. The molecule has 1 aromatic heterocycles. The first kappa shape index (κ1) is 34.2. The molecule has 3 N–H and O–H groups in total. The zero-order valence-electron chi connectivity index (χ0n) is 27.7. The molecule has 0 radical (unpaired) electrons. The molecule has 3 fully saturated rings. The second-order valence-corrected chi connectivity index (χ2v) is 16.6. The summed E-state index contributed by atoms with van der Waals surface area (Å²) in [7, 11) is 3.92. The van der Waals surface area contributed by atoms with Crippen molar-refractivity contribution in [2.75, 3.05) is 12.4 Å². The van der Waals surface area contributed by atoms with E-state index in [0.29, 0.717) is 41.7 Å². The van der Waals surface area contributed by atoms with Crippen molar-refractivity contribution in [1.29, 1.82) is 0 Å². The Morgan fingerprint density at radius 3 is 2.76 bits per heavy atom. The lowest BCUT2D eigenvalue weighted by molar-refractivity contribution is -0.191. The van der Waals surface area contributed by atoms with Crippen molar-refractivity contribution in [3.05, 3.63) is 71.5 Å². The van der Waals surface area contributed by atoms with Gasteiger partial charge in [-0.05, 0) is 97.9 Å². The predicted octanol–water partition coefficient (Wildman–Crippen LogP) is 7.55. The molecule has 0 amide bonds. The average molecular weight is 708 g/mol. The van der Waals surface area contributed by atoms with Crippen LogP contribution in [0.1, 0.15) is 74.7 Å². The molecule has 8 atom stereocenters. The van der Waals surface area contributed by atoms with E-state index in [0.717, 1.165) is 49.0 Å². The van der Waals surface area contributed by atoms with Crippen molar-refractivity contribution in [2.45, 2.75) is 94.4 Å². The number of fused-ring (bicyclic) bond motifs is 7. The van der Waals surface area contributed by atoms with Gasteiger partial charge in [0.05, 0.1) is 24.9 Å². The first-order valence-corrected chi connectivity index (χ1v) is 19.9. The number of rotatable bonds is 6. The lowest BCUT2D eigenvalue weighted by atomic mass is 9.70. The highest BCUT2D eigenvalue weighted by Gasteiger charge is 2.49. The van der Waals surface area contributed by atoms with Crippen LogP contribution >= 0.6 is 21.6 Å². The number of ether oxygens (including phenoxy) is 4. The molecule has 4 bridgehead atoms. The van der Waals surface area contributed by atoms with Crippen LogP contribution in [0.5, 0.6) is 28.7 Å². The SMILES string of the molecule is CC(=O)O[C@H]1C[C@@H](c2cc(O)c(O)c(OCCc3cccnc3)c2)O[C@@H]2[C@H]1CC[C@H]1SSC[C@H]3CCC[C@H](C3)Oc3cc(ccc3O)C[C@@H]21. The molecule has 49 heavy (non-hydrogen) atoms. The van der Waals surface area contributed by atoms with Crippen molar-refractivity contribution in [2.24, 2.45) is 17.8 Å². The molecule has 0 spiro atoms. The number of benzene rings is 2. The summed E-state index contributed by atoms with van der Waals surface area (Å²) in [6.45, 7) is 1.73. The topological polar surface area (TPSA) is 128 Å². The third-order valence-electron chi connectivity index (χ3n) is 10.5. The number of hydrogen-bond acceptors (Lipinski definition) is 11. The van der Waals surface area contributed by atoms with Crippen molar-refractivity contribution >= 4 is 27.6 Å². The van der Waals surface area contributed by atoms with Crippen LogP contribution in [0.4, 0.5) is 0 Å². The Morgan fingerprint density at radius 1 is 1.02 bits per heavy atom. The normalized spacial score (nSPS) is 29.8. The summed E-state index contributed by atoms with van der Waals surface area (Å²) >= 11 is 0. The standard InChI is InChI=1S/C38H45NO8S2/c1-22(40)45-33-19-32(26-17-31(42)37(43)35(18-26)44-13-11-23-5-3-12-39-20-23)47-38-28(33)8-10-36-29(38)15-24-7-9-30(41)34(16-24)46-27-6-2-4-25(14-27)21-48-49-36/h3,5,7,9,12,16-18,20,25,27-29,32-33,36,38,41-43H,2,4,6,8,10-11,13-15,19,21H2,1H3/t25-,27+,28-,29+,32-,33-,36+,38+/m0/s1. The Balaban J connectivity index is 1.18. The highest BCUT2D eigenvalue weighted by Crippen LogP contribution is 2.52. The molecule has 3 aromatic rings. The fourth-order valence-corrected chi connectivity index (χ4v) is 11.5. The number of phenolic OH excluding ortho intramolecular Hbond substituents is 3. The number of hydrogen-bond donors (Lipinski definition) is 3. The van der Waals surface area contributed by atoms with Crippen LogP contribution in [0.15, 0.2) is 54.9 Å². The van der Waals surface area contributed by atoms with Gasteiger partial charge < -0.3 is 34.3 Å². The van der Waals surface area contributed by atoms with Gasteiger partial charge in [0.1, 0.15) is 6.10 Å². The molecule has 11 heteroatoms. The van der Waals surface area contributed by atoms with Crippen LogP contribution in [0.3, 0.4) is 0 Å². The average Bonchev–Trinajstić information content (AvgIpc) is 3.09. The summed E-state index contributed by atoms with van der Waals surface area (Å²) in [5, 5.41) is 32.6. The number of aromatic nitrogens is 1. The van der Waals surface area contributed by atoms with Crippen molar-refractivity contribution < 1.29 is 39.1 Å². The lowest BCUT2D eigenvalue weighted by Crippen LogP contribution is -2.52. The van der Waals surface area contributed by atoms with Crippen LogP contribution < -0.4 is 9.47 Å². The van der Waals surface area contributed by atoms with Crippen LogP contribution in [0, 0.1) is 17.8 Å². The number of esters is 1. The first-order valence-electron chi connectivity index (χ1n) is 17.5. The Hall–Kier alpha value is -3.28. The molecule has 2 aliphatic carbocycles. The minimum atomic E-state index is -0.503. The van der Waals surface area contributed by atoms with E-state index in [4.69, 9.17) is 18.9 Å². The molecule has 3 heterocycles. The van der Waals surface area contributed by atoms with E-state index in [-0.39, 0.29) is 65.7 Å². The fourth-order valence-electron chi connectivity index (χ4n) is 8.11. The monoisotopic (exact) mass is 707 g/mol. The van der Waals surface area contributed by atoms with Crippen LogP contribution in [-0.2, 0) is 27.1 Å². The summed E-state index contributed by atoms with van der Waals surface area (Å²) in [4.78, 5) is 16.6. The van der Waals surface area contributed by atoms with Gasteiger partial charge in [0, 0.05) is 55.0 Å². The van der Waals surface area contributed by atoms with Gasteiger partial charge in [-0.2, -0.15) is 0 Å². The molecule has 1 saturated heterocycles. The van der Waals surface area contributed by atoms with E-state index in [1.54, 1.807) is 24.5 Å². The number of aromatic hydroxyl groups is 3. The van der Waals surface area contributed by atoms with Crippen molar-refractivity contribution in [3.8, 4) is 28.7 Å².